The van der Waals surface area contributed by atoms with E-state index in [0.717, 1.165) is 24.4 Å². The molecule has 0 fully saturated rings. The maximum Gasteiger partial charge on any atom is 0.118 e. The molecule has 0 radical (unpaired) electrons. The molecule has 0 heterocycles. The summed E-state index contributed by atoms with van der Waals surface area (Å²) in [6.45, 7) is 1.69. The zero-order valence-electron chi connectivity index (χ0n) is 11.8. The van der Waals surface area contributed by atoms with E-state index in [-0.39, 0.29) is 0 Å². The summed E-state index contributed by atoms with van der Waals surface area (Å²) in [6.07, 6.45) is 0. The van der Waals surface area contributed by atoms with Gasteiger partial charge in [-0.3, -0.25) is 4.90 Å². The van der Waals surface area contributed by atoms with Crippen molar-refractivity contribution < 1.29 is 4.74 Å². The van der Waals surface area contributed by atoms with Crippen LogP contribution in [0.25, 0.3) is 0 Å². The number of anilines is 1. The summed E-state index contributed by atoms with van der Waals surface area (Å²) in [7, 11) is 3.75. The smallest absolute Gasteiger partial charge is 0.118 e. The maximum atomic E-state index is 5.93. The van der Waals surface area contributed by atoms with Gasteiger partial charge >= 0.3 is 0 Å². The number of ether oxygens (including phenoxy) is 1. The second-order valence-electron chi connectivity index (χ2n) is 4.88. The SMILES string of the molecule is COc1ccc(CN(C)Cc2ccc(Cl)c(N)c2)cc1. The molecule has 2 N–H and O–H groups in total. The molecule has 0 bridgehead atoms. The molecular formula is C16H19ClN2O. The Morgan fingerprint density at radius 2 is 1.65 bits per heavy atom. The molecule has 2 rings (SSSR count). The van der Waals surface area contributed by atoms with E-state index in [9.17, 15) is 0 Å². The van der Waals surface area contributed by atoms with E-state index in [0.29, 0.717) is 10.7 Å². The third kappa shape index (κ3) is 3.89. The third-order valence-electron chi connectivity index (χ3n) is 3.12. The van der Waals surface area contributed by atoms with Gasteiger partial charge < -0.3 is 10.5 Å². The number of nitrogens with zero attached hydrogens (tertiary/aromatic N) is 1. The van der Waals surface area contributed by atoms with Crippen molar-refractivity contribution in [2.24, 2.45) is 0 Å². The van der Waals surface area contributed by atoms with Crippen LogP contribution in [0.4, 0.5) is 5.69 Å². The van der Waals surface area contributed by atoms with Gasteiger partial charge in [0.05, 0.1) is 17.8 Å². The Morgan fingerprint density at radius 3 is 2.25 bits per heavy atom. The lowest BCUT2D eigenvalue weighted by atomic mass is 10.1. The van der Waals surface area contributed by atoms with Crippen LogP contribution in [0.3, 0.4) is 0 Å². The van der Waals surface area contributed by atoms with E-state index in [2.05, 4.69) is 24.1 Å². The Balaban J connectivity index is 1.97. The Bertz CT molecular complexity index is 569. The monoisotopic (exact) mass is 290 g/mol. The normalized spacial score (nSPS) is 10.8. The van der Waals surface area contributed by atoms with E-state index in [1.165, 1.54) is 5.56 Å². The summed E-state index contributed by atoms with van der Waals surface area (Å²) in [4.78, 5) is 2.23. The largest absolute Gasteiger partial charge is 0.497 e. The van der Waals surface area contributed by atoms with Crippen molar-refractivity contribution in [3.8, 4) is 5.75 Å². The van der Waals surface area contributed by atoms with Crippen LogP contribution in [0.1, 0.15) is 11.1 Å². The van der Waals surface area contributed by atoms with Gasteiger partial charge in [-0.05, 0) is 42.4 Å². The maximum absolute atomic E-state index is 5.93. The van der Waals surface area contributed by atoms with Crippen molar-refractivity contribution in [3.05, 3.63) is 58.6 Å². The van der Waals surface area contributed by atoms with Gasteiger partial charge in [0.2, 0.25) is 0 Å². The minimum atomic E-state index is 0.603. The summed E-state index contributed by atoms with van der Waals surface area (Å²) in [5.74, 6) is 0.877. The number of hydrogen-bond donors (Lipinski definition) is 1. The lowest BCUT2D eigenvalue weighted by Gasteiger charge is -2.17. The fourth-order valence-corrected chi connectivity index (χ4v) is 2.22. The first kappa shape index (κ1) is 14.7. The average molecular weight is 291 g/mol. The molecule has 0 saturated heterocycles. The minimum Gasteiger partial charge on any atom is -0.497 e. The van der Waals surface area contributed by atoms with Crippen LogP contribution in [0.2, 0.25) is 5.02 Å². The number of methoxy groups -OCH3 is 1. The molecule has 0 saturated carbocycles. The molecule has 2 aromatic carbocycles. The molecule has 20 heavy (non-hydrogen) atoms. The molecular weight excluding hydrogens is 272 g/mol. The van der Waals surface area contributed by atoms with Gasteiger partial charge in [0, 0.05) is 13.1 Å². The molecule has 4 heteroatoms. The fourth-order valence-electron chi connectivity index (χ4n) is 2.10. The van der Waals surface area contributed by atoms with Crippen molar-refractivity contribution in [2.45, 2.75) is 13.1 Å². The van der Waals surface area contributed by atoms with Crippen molar-refractivity contribution >= 4 is 17.3 Å². The molecule has 0 spiro atoms. The Morgan fingerprint density at radius 1 is 1.05 bits per heavy atom. The highest BCUT2D eigenvalue weighted by Crippen LogP contribution is 2.20. The van der Waals surface area contributed by atoms with Crippen molar-refractivity contribution in [3.63, 3.8) is 0 Å². The predicted molar refractivity (Wildman–Crippen MR) is 84.0 cm³/mol. The van der Waals surface area contributed by atoms with E-state index in [1.54, 1.807) is 7.11 Å². The molecule has 0 aromatic heterocycles. The van der Waals surface area contributed by atoms with Gasteiger partial charge in [0.25, 0.3) is 0 Å². The molecule has 2 aromatic rings. The summed E-state index contributed by atoms with van der Waals surface area (Å²) < 4.78 is 5.15. The van der Waals surface area contributed by atoms with Crippen LogP contribution >= 0.6 is 11.6 Å². The average Bonchev–Trinajstić information content (AvgIpc) is 2.44. The standard InChI is InChI=1S/C16H19ClN2O/c1-19(10-12-3-6-14(20-2)7-4-12)11-13-5-8-15(17)16(18)9-13/h3-9H,10-11,18H2,1-2H3. The van der Waals surface area contributed by atoms with Gasteiger partial charge in [-0.15, -0.1) is 0 Å². The second kappa shape index (κ2) is 6.64. The number of benzene rings is 2. The number of halogens is 1. The molecule has 106 valence electrons. The zero-order valence-corrected chi connectivity index (χ0v) is 12.5. The Hall–Kier alpha value is -1.71. The molecule has 0 aliphatic heterocycles. The van der Waals surface area contributed by atoms with E-state index < -0.39 is 0 Å². The quantitative estimate of drug-likeness (QED) is 0.856. The van der Waals surface area contributed by atoms with Crippen LogP contribution in [0, 0.1) is 0 Å². The summed E-state index contributed by atoms with van der Waals surface area (Å²) in [6, 6.07) is 13.9. The lowest BCUT2D eigenvalue weighted by molar-refractivity contribution is 0.319. The van der Waals surface area contributed by atoms with Crippen LogP contribution in [0.15, 0.2) is 42.5 Å². The highest BCUT2D eigenvalue weighted by Gasteiger charge is 2.04. The van der Waals surface area contributed by atoms with Gasteiger partial charge in [-0.1, -0.05) is 29.8 Å². The molecule has 0 aliphatic carbocycles. The van der Waals surface area contributed by atoms with Crippen LogP contribution in [0.5, 0.6) is 5.75 Å². The first-order chi connectivity index (χ1) is 9.58. The van der Waals surface area contributed by atoms with E-state index in [1.807, 2.05) is 30.3 Å². The first-order valence-corrected chi connectivity index (χ1v) is 6.81. The van der Waals surface area contributed by atoms with Crippen molar-refractivity contribution in [1.29, 1.82) is 0 Å². The second-order valence-corrected chi connectivity index (χ2v) is 5.28. The Kier molecular flexibility index (Phi) is 4.88. The predicted octanol–water partition coefficient (Wildman–Crippen LogP) is 3.56. The number of hydrogen-bond acceptors (Lipinski definition) is 3. The fraction of sp³-hybridized carbons (Fsp3) is 0.250. The minimum absolute atomic E-state index is 0.603. The van der Waals surface area contributed by atoms with Gasteiger partial charge in [0.1, 0.15) is 5.75 Å². The summed E-state index contributed by atoms with van der Waals surface area (Å²) in [5, 5.41) is 0.603. The first-order valence-electron chi connectivity index (χ1n) is 6.44. The number of rotatable bonds is 5. The number of nitrogen functional groups attached to an aromatic ring is 1. The molecule has 0 aliphatic rings. The molecule has 0 unspecified atom stereocenters. The summed E-state index contributed by atoms with van der Waals surface area (Å²) in [5.41, 5.74) is 8.84. The topological polar surface area (TPSA) is 38.5 Å². The Labute approximate surface area is 124 Å². The van der Waals surface area contributed by atoms with E-state index >= 15 is 0 Å². The van der Waals surface area contributed by atoms with E-state index in [4.69, 9.17) is 22.1 Å². The highest BCUT2D eigenvalue weighted by molar-refractivity contribution is 6.33. The third-order valence-corrected chi connectivity index (χ3v) is 3.47. The molecule has 3 nitrogen and oxygen atoms in total. The lowest BCUT2D eigenvalue weighted by Crippen LogP contribution is -2.17. The molecule has 0 atom stereocenters. The number of nitrogens with two attached hydrogens (primary N) is 1. The van der Waals surface area contributed by atoms with Gasteiger partial charge in [-0.2, -0.15) is 0 Å². The van der Waals surface area contributed by atoms with Crippen molar-refractivity contribution in [2.75, 3.05) is 19.9 Å². The zero-order chi connectivity index (χ0) is 14.5. The van der Waals surface area contributed by atoms with Gasteiger partial charge in [0.15, 0.2) is 0 Å². The van der Waals surface area contributed by atoms with Crippen LogP contribution < -0.4 is 10.5 Å². The van der Waals surface area contributed by atoms with Gasteiger partial charge in [-0.25, -0.2) is 0 Å². The highest BCUT2D eigenvalue weighted by atomic mass is 35.5. The van der Waals surface area contributed by atoms with Crippen molar-refractivity contribution in [1.82, 2.24) is 4.90 Å². The van der Waals surface area contributed by atoms with Crippen LogP contribution in [-0.4, -0.2) is 19.1 Å². The van der Waals surface area contributed by atoms with Crippen LogP contribution in [-0.2, 0) is 13.1 Å². The molecule has 0 amide bonds. The summed E-state index contributed by atoms with van der Waals surface area (Å²) >= 11 is 5.93.